The van der Waals surface area contributed by atoms with Gasteiger partial charge >= 0.3 is 0 Å². The fraction of sp³-hybridized carbons (Fsp3) is 0.750. The van der Waals surface area contributed by atoms with E-state index in [-0.39, 0.29) is 6.10 Å². The van der Waals surface area contributed by atoms with E-state index in [1.165, 1.54) is 0 Å². The summed E-state index contributed by atoms with van der Waals surface area (Å²) < 4.78 is 5.55. The molecule has 0 atom stereocenters. The Labute approximate surface area is 128 Å². The molecule has 2 N–H and O–H groups in total. The van der Waals surface area contributed by atoms with Crippen LogP contribution in [-0.4, -0.2) is 35.8 Å². The second-order valence-electron chi connectivity index (χ2n) is 5.83. The first kappa shape index (κ1) is 17.7. The first-order valence-corrected chi connectivity index (χ1v) is 7.93. The summed E-state index contributed by atoms with van der Waals surface area (Å²) in [6, 6.07) is 0. The molecule has 0 amide bonds. The smallest absolute Gasteiger partial charge is 0.135 e. The molecule has 1 heterocycles. The van der Waals surface area contributed by atoms with Gasteiger partial charge in [0.05, 0.1) is 12.7 Å². The number of nitrogens with zero attached hydrogens (tertiary/aromatic N) is 2. The summed E-state index contributed by atoms with van der Waals surface area (Å²) in [6.45, 7) is 14.9. The van der Waals surface area contributed by atoms with Crippen molar-refractivity contribution in [2.45, 2.75) is 60.0 Å². The first-order chi connectivity index (χ1) is 9.95. The predicted octanol–water partition coefficient (Wildman–Crippen LogP) is 3.57. The Morgan fingerprint density at radius 3 is 2.05 bits per heavy atom. The number of ether oxygens (including phenoxy) is 1. The van der Waals surface area contributed by atoms with Crippen LogP contribution in [0.1, 0.15) is 58.3 Å². The standard InChI is InChI=1S/C16H30N4O/c1-7-8-17-15-13(6)16(18-9-10-21-12(4)5)20-14(19-15)11(2)3/h11-12H,7-10H2,1-6H3,(H2,17,18,19,20). The van der Waals surface area contributed by atoms with Crippen molar-refractivity contribution >= 4 is 11.6 Å². The summed E-state index contributed by atoms with van der Waals surface area (Å²) >= 11 is 0. The van der Waals surface area contributed by atoms with Crippen molar-refractivity contribution in [2.75, 3.05) is 30.3 Å². The zero-order chi connectivity index (χ0) is 15.8. The lowest BCUT2D eigenvalue weighted by Crippen LogP contribution is -2.17. The molecule has 21 heavy (non-hydrogen) atoms. The lowest BCUT2D eigenvalue weighted by Gasteiger charge is -2.16. The van der Waals surface area contributed by atoms with E-state index in [2.05, 4.69) is 41.4 Å². The van der Waals surface area contributed by atoms with Gasteiger partial charge in [-0.15, -0.1) is 0 Å². The fourth-order valence-corrected chi connectivity index (χ4v) is 1.84. The Kier molecular flexibility index (Phi) is 7.43. The summed E-state index contributed by atoms with van der Waals surface area (Å²) in [4.78, 5) is 9.27. The molecule has 0 aromatic carbocycles. The maximum absolute atomic E-state index is 5.55. The number of aromatic nitrogens is 2. The third-order valence-electron chi connectivity index (χ3n) is 3.07. The Bertz CT molecular complexity index is 433. The van der Waals surface area contributed by atoms with Gasteiger partial charge in [0.15, 0.2) is 0 Å². The molecule has 1 aromatic heterocycles. The second-order valence-corrected chi connectivity index (χ2v) is 5.83. The highest BCUT2D eigenvalue weighted by molar-refractivity contribution is 5.57. The topological polar surface area (TPSA) is 59.1 Å². The molecule has 0 saturated carbocycles. The Balaban J connectivity index is 2.82. The van der Waals surface area contributed by atoms with Crippen molar-refractivity contribution in [1.82, 2.24) is 9.97 Å². The van der Waals surface area contributed by atoms with Gasteiger partial charge in [-0.2, -0.15) is 0 Å². The predicted molar refractivity (Wildman–Crippen MR) is 89.2 cm³/mol. The first-order valence-electron chi connectivity index (χ1n) is 7.93. The maximum Gasteiger partial charge on any atom is 0.135 e. The molecule has 0 aliphatic heterocycles. The zero-order valence-corrected chi connectivity index (χ0v) is 14.3. The molecule has 1 aromatic rings. The van der Waals surface area contributed by atoms with Crippen molar-refractivity contribution in [3.8, 4) is 0 Å². The molecule has 0 saturated heterocycles. The van der Waals surface area contributed by atoms with Crippen molar-refractivity contribution in [3.05, 3.63) is 11.4 Å². The van der Waals surface area contributed by atoms with Crippen LogP contribution in [0, 0.1) is 6.92 Å². The molecule has 0 aliphatic rings. The molecule has 0 radical (unpaired) electrons. The van der Waals surface area contributed by atoms with Crippen molar-refractivity contribution in [3.63, 3.8) is 0 Å². The average molecular weight is 294 g/mol. The summed E-state index contributed by atoms with van der Waals surface area (Å²) in [7, 11) is 0. The van der Waals surface area contributed by atoms with Crippen LogP contribution in [0.5, 0.6) is 0 Å². The highest BCUT2D eigenvalue weighted by Crippen LogP contribution is 2.23. The summed E-state index contributed by atoms with van der Waals surface area (Å²) in [6.07, 6.45) is 1.33. The summed E-state index contributed by atoms with van der Waals surface area (Å²) in [5, 5.41) is 6.75. The van der Waals surface area contributed by atoms with Crippen LogP contribution in [0.25, 0.3) is 0 Å². The van der Waals surface area contributed by atoms with Crippen LogP contribution in [0.15, 0.2) is 0 Å². The van der Waals surface area contributed by atoms with Gasteiger partial charge in [0.25, 0.3) is 0 Å². The minimum absolute atomic E-state index is 0.256. The third kappa shape index (κ3) is 5.87. The van der Waals surface area contributed by atoms with Crippen molar-refractivity contribution in [1.29, 1.82) is 0 Å². The van der Waals surface area contributed by atoms with Crippen LogP contribution < -0.4 is 10.6 Å². The van der Waals surface area contributed by atoms with Gasteiger partial charge < -0.3 is 15.4 Å². The van der Waals surface area contributed by atoms with Crippen LogP contribution in [-0.2, 0) is 4.74 Å². The van der Waals surface area contributed by atoms with Gasteiger partial charge in [-0.3, -0.25) is 0 Å². The van der Waals surface area contributed by atoms with E-state index >= 15 is 0 Å². The van der Waals surface area contributed by atoms with Crippen LogP contribution >= 0.6 is 0 Å². The highest BCUT2D eigenvalue weighted by Gasteiger charge is 2.12. The highest BCUT2D eigenvalue weighted by atomic mass is 16.5. The van der Waals surface area contributed by atoms with Gasteiger partial charge in [0.1, 0.15) is 17.5 Å². The molecule has 1 rings (SSSR count). The largest absolute Gasteiger partial charge is 0.377 e. The molecular formula is C16H30N4O. The van der Waals surface area contributed by atoms with Gasteiger partial charge in [-0.25, -0.2) is 9.97 Å². The molecule has 0 fully saturated rings. The molecule has 5 nitrogen and oxygen atoms in total. The minimum Gasteiger partial charge on any atom is -0.377 e. The normalized spacial score (nSPS) is 11.2. The van der Waals surface area contributed by atoms with Gasteiger partial charge in [0, 0.05) is 24.6 Å². The molecule has 0 bridgehead atoms. The average Bonchev–Trinajstić information content (AvgIpc) is 2.43. The van der Waals surface area contributed by atoms with E-state index < -0.39 is 0 Å². The quantitative estimate of drug-likeness (QED) is 0.682. The number of hydrogen-bond acceptors (Lipinski definition) is 5. The van der Waals surface area contributed by atoms with Crippen LogP contribution in [0.3, 0.4) is 0 Å². The number of hydrogen-bond donors (Lipinski definition) is 2. The van der Waals surface area contributed by atoms with E-state index in [1.54, 1.807) is 0 Å². The molecular weight excluding hydrogens is 264 g/mol. The van der Waals surface area contributed by atoms with E-state index in [4.69, 9.17) is 4.74 Å². The Morgan fingerprint density at radius 1 is 1.00 bits per heavy atom. The minimum atomic E-state index is 0.256. The van der Waals surface area contributed by atoms with Gasteiger partial charge in [-0.05, 0) is 27.2 Å². The third-order valence-corrected chi connectivity index (χ3v) is 3.07. The van der Waals surface area contributed by atoms with Crippen molar-refractivity contribution in [2.24, 2.45) is 0 Å². The lowest BCUT2D eigenvalue weighted by atomic mass is 10.2. The molecule has 120 valence electrons. The summed E-state index contributed by atoms with van der Waals surface area (Å²) in [5.74, 6) is 3.01. The van der Waals surface area contributed by atoms with Crippen LogP contribution in [0.4, 0.5) is 11.6 Å². The number of nitrogens with one attached hydrogen (secondary N) is 2. The van der Waals surface area contributed by atoms with E-state index in [0.29, 0.717) is 12.5 Å². The molecule has 5 heteroatoms. The Hall–Kier alpha value is -1.36. The van der Waals surface area contributed by atoms with Gasteiger partial charge in [0.2, 0.25) is 0 Å². The van der Waals surface area contributed by atoms with E-state index in [9.17, 15) is 0 Å². The van der Waals surface area contributed by atoms with E-state index in [0.717, 1.165) is 42.5 Å². The fourth-order valence-electron chi connectivity index (χ4n) is 1.84. The zero-order valence-electron chi connectivity index (χ0n) is 14.3. The SMILES string of the molecule is CCCNc1nc(C(C)C)nc(NCCOC(C)C)c1C. The van der Waals surface area contributed by atoms with Crippen molar-refractivity contribution < 1.29 is 4.74 Å². The molecule has 0 spiro atoms. The lowest BCUT2D eigenvalue weighted by molar-refractivity contribution is 0.0870. The maximum atomic E-state index is 5.55. The van der Waals surface area contributed by atoms with Crippen LogP contribution in [0.2, 0.25) is 0 Å². The number of anilines is 2. The Morgan fingerprint density at radius 2 is 1.57 bits per heavy atom. The molecule has 0 unspecified atom stereocenters. The number of rotatable bonds is 9. The second kappa shape index (κ2) is 8.82. The van der Waals surface area contributed by atoms with Gasteiger partial charge in [-0.1, -0.05) is 20.8 Å². The van der Waals surface area contributed by atoms with E-state index in [1.807, 2.05) is 20.8 Å². The molecule has 0 aliphatic carbocycles. The summed E-state index contributed by atoms with van der Waals surface area (Å²) in [5.41, 5.74) is 1.07. The monoisotopic (exact) mass is 294 g/mol.